The van der Waals surface area contributed by atoms with E-state index in [0.29, 0.717) is 23.3 Å². The molecule has 0 saturated carbocycles. The Bertz CT molecular complexity index is 559. The summed E-state index contributed by atoms with van der Waals surface area (Å²) in [5.74, 6) is 1.95. The molecule has 1 aromatic rings. The summed E-state index contributed by atoms with van der Waals surface area (Å²) >= 11 is 3.25. The molecule has 1 saturated heterocycles. The SMILES string of the molecule is Cc1cc(S(=O)(=O)N2CCCSCC2)sc1CNC(C)C. The Morgan fingerprint density at radius 2 is 2.10 bits per heavy atom. The fourth-order valence-electron chi connectivity index (χ4n) is 2.18. The molecule has 7 heteroatoms. The van der Waals surface area contributed by atoms with Crippen LogP contribution >= 0.6 is 23.1 Å². The van der Waals surface area contributed by atoms with Gasteiger partial charge in [-0.1, -0.05) is 13.8 Å². The summed E-state index contributed by atoms with van der Waals surface area (Å²) in [6.45, 7) is 8.19. The lowest BCUT2D eigenvalue weighted by Crippen LogP contribution is -2.32. The lowest BCUT2D eigenvalue weighted by atomic mass is 10.3. The van der Waals surface area contributed by atoms with Crippen molar-refractivity contribution in [3.8, 4) is 0 Å². The van der Waals surface area contributed by atoms with Crippen LogP contribution < -0.4 is 5.32 Å². The first-order valence-electron chi connectivity index (χ1n) is 7.32. The molecule has 0 unspecified atom stereocenters. The van der Waals surface area contributed by atoms with E-state index < -0.39 is 10.0 Å². The van der Waals surface area contributed by atoms with Gasteiger partial charge in [0.2, 0.25) is 0 Å². The summed E-state index contributed by atoms with van der Waals surface area (Å²) in [6, 6.07) is 2.23. The fraction of sp³-hybridized carbons (Fsp3) is 0.714. The first-order valence-corrected chi connectivity index (χ1v) is 10.7. The largest absolute Gasteiger partial charge is 0.310 e. The molecule has 0 spiro atoms. The molecule has 0 radical (unpaired) electrons. The minimum absolute atomic E-state index is 0.397. The molecular formula is C14H24N2O2S3. The molecule has 0 aromatic carbocycles. The molecule has 0 atom stereocenters. The molecule has 1 aliphatic heterocycles. The van der Waals surface area contributed by atoms with E-state index in [9.17, 15) is 8.42 Å². The third kappa shape index (κ3) is 4.45. The second-order valence-corrected chi connectivity index (χ2v) is 10.1. The first-order chi connectivity index (χ1) is 9.91. The number of thioether (sulfide) groups is 1. The van der Waals surface area contributed by atoms with Crippen LogP contribution in [0.15, 0.2) is 10.3 Å². The second-order valence-electron chi connectivity index (χ2n) is 5.58. The molecule has 1 N–H and O–H groups in total. The summed E-state index contributed by atoms with van der Waals surface area (Å²) < 4.78 is 27.6. The Morgan fingerprint density at radius 3 is 2.81 bits per heavy atom. The van der Waals surface area contributed by atoms with Crippen molar-refractivity contribution in [3.05, 3.63) is 16.5 Å². The molecule has 1 fully saturated rings. The van der Waals surface area contributed by atoms with E-state index in [-0.39, 0.29) is 0 Å². The van der Waals surface area contributed by atoms with Crippen LogP contribution in [0.4, 0.5) is 0 Å². The van der Waals surface area contributed by atoms with Crippen molar-refractivity contribution in [3.63, 3.8) is 0 Å². The van der Waals surface area contributed by atoms with Gasteiger partial charge in [0.05, 0.1) is 0 Å². The lowest BCUT2D eigenvalue weighted by Gasteiger charge is -2.18. The zero-order chi connectivity index (χ0) is 15.5. The Balaban J connectivity index is 2.17. The molecule has 0 bridgehead atoms. The molecule has 1 aromatic heterocycles. The lowest BCUT2D eigenvalue weighted by molar-refractivity contribution is 0.436. The zero-order valence-electron chi connectivity index (χ0n) is 12.9. The van der Waals surface area contributed by atoms with Crippen molar-refractivity contribution in [2.45, 2.75) is 44.0 Å². The van der Waals surface area contributed by atoms with Crippen molar-refractivity contribution in [2.75, 3.05) is 24.6 Å². The van der Waals surface area contributed by atoms with E-state index >= 15 is 0 Å². The maximum atomic E-state index is 12.8. The van der Waals surface area contributed by atoms with Crippen LogP contribution in [0.5, 0.6) is 0 Å². The topological polar surface area (TPSA) is 49.4 Å². The predicted molar refractivity (Wildman–Crippen MR) is 91.7 cm³/mol. The van der Waals surface area contributed by atoms with Crippen LogP contribution in [0, 0.1) is 6.92 Å². The van der Waals surface area contributed by atoms with Crippen molar-refractivity contribution >= 4 is 33.1 Å². The van der Waals surface area contributed by atoms with Gasteiger partial charge in [0.25, 0.3) is 10.0 Å². The molecule has 21 heavy (non-hydrogen) atoms. The summed E-state index contributed by atoms with van der Waals surface area (Å²) in [4.78, 5) is 1.12. The fourth-order valence-corrected chi connectivity index (χ4v) is 6.36. The molecule has 2 rings (SSSR count). The normalized spacial score (nSPS) is 18.1. The van der Waals surface area contributed by atoms with Crippen LogP contribution in [-0.2, 0) is 16.6 Å². The summed E-state index contributed by atoms with van der Waals surface area (Å²) in [5.41, 5.74) is 1.07. The summed E-state index contributed by atoms with van der Waals surface area (Å²) in [6.07, 6.45) is 0.940. The molecule has 120 valence electrons. The highest BCUT2D eigenvalue weighted by molar-refractivity contribution is 7.99. The average Bonchev–Trinajstić information content (AvgIpc) is 2.65. The van der Waals surface area contributed by atoms with Crippen LogP contribution in [0.1, 0.15) is 30.7 Å². The standard InChI is InChI=1S/C14H24N2O2S3/c1-11(2)15-10-13-12(3)9-14(20-13)21(17,18)16-5-4-7-19-8-6-16/h9,11,15H,4-8,10H2,1-3H3. The van der Waals surface area contributed by atoms with E-state index in [4.69, 9.17) is 0 Å². The first kappa shape index (κ1) is 17.3. The second kappa shape index (κ2) is 7.46. The minimum Gasteiger partial charge on any atom is -0.310 e. The number of nitrogens with zero attached hydrogens (tertiary/aromatic N) is 1. The molecule has 4 nitrogen and oxygen atoms in total. The molecule has 0 aliphatic carbocycles. The molecule has 1 aliphatic rings. The highest BCUT2D eigenvalue weighted by atomic mass is 32.2. The van der Waals surface area contributed by atoms with Gasteiger partial charge in [-0.15, -0.1) is 11.3 Å². The van der Waals surface area contributed by atoms with Gasteiger partial charge in [-0.05, 0) is 30.7 Å². The van der Waals surface area contributed by atoms with Gasteiger partial charge in [0.15, 0.2) is 0 Å². The molecule has 0 amide bonds. The van der Waals surface area contributed by atoms with Crippen LogP contribution in [0.3, 0.4) is 0 Å². The number of rotatable bonds is 5. The Labute approximate surface area is 136 Å². The Kier molecular flexibility index (Phi) is 6.14. The summed E-state index contributed by atoms with van der Waals surface area (Å²) in [5, 5.41) is 3.36. The van der Waals surface area contributed by atoms with Gasteiger partial charge in [-0.3, -0.25) is 0 Å². The number of hydrogen-bond donors (Lipinski definition) is 1. The Morgan fingerprint density at radius 1 is 1.33 bits per heavy atom. The van der Waals surface area contributed by atoms with Gasteiger partial charge in [-0.2, -0.15) is 16.1 Å². The maximum absolute atomic E-state index is 12.8. The highest BCUT2D eigenvalue weighted by Crippen LogP contribution is 2.29. The van der Waals surface area contributed by atoms with Crippen molar-refractivity contribution in [1.29, 1.82) is 0 Å². The van der Waals surface area contributed by atoms with E-state index in [2.05, 4.69) is 19.2 Å². The molecule has 2 heterocycles. The third-order valence-electron chi connectivity index (χ3n) is 3.44. The van der Waals surface area contributed by atoms with Gasteiger partial charge < -0.3 is 5.32 Å². The van der Waals surface area contributed by atoms with Crippen LogP contribution in [0.2, 0.25) is 0 Å². The number of aryl methyl sites for hydroxylation is 1. The number of nitrogens with one attached hydrogen (secondary N) is 1. The zero-order valence-corrected chi connectivity index (χ0v) is 15.3. The minimum atomic E-state index is -3.31. The van der Waals surface area contributed by atoms with Crippen molar-refractivity contribution in [1.82, 2.24) is 9.62 Å². The van der Waals surface area contributed by atoms with E-state index in [1.165, 1.54) is 11.3 Å². The third-order valence-corrected chi connectivity index (χ3v) is 8.08. The van der Waals surface area contributed by atoms with Gasteiger partial charge in [0.1, 0.15) is 4.21 Å². The number of thiophene rings is 1. The predicted octanol–water partition coefficient (Wildman–Crippen LogP) is 2.68. The van der Waals surface area contributed by atoms with Gasteiger partial charge >= 0.3 is 0 Å². The number of hydrogen-bond acceptors (Lipinski definition) is 5. The van der Waals surface area contributed by atoms with E-state index in [1.54, 1.807) is 4.31 Å². The van der Waals surface area contributed by atoms with Crippen LogP contribution in [-0.4, -0.2) is 43.4 Å². The number of sulfonamides is 1. The highest BCUT2D eigenvalue weighted by Gasteiger charge is 2.27. The van der Waals surface area contributed by atoms with Crippen molar-refractivity contribution in [2.24, 2.45) is 0 Å². The van der Waals surface area contributed by atoms with E-state index in [0.717, 1.165) is 34.9 Å². The molecular weight excluding hydrogens is 324 g/mol. The average molecular weight is 349 g/mol. The maximum Gasteiger partial charge on any atom is 0.252 e. The van der Waals surface area contributed by atoms with E-state index in [1.807, 2.05) is 24.8 Å². The Hall–Kier alpha value is -0.0800. The monoisotopic (exact) mass is 348 g/mol. The summed E-state index contributed by atoms with van der Waals surface area (Å²) in [7, 11) is -3.31. The quantitative estimate of drug-likeness (QED) is 0.889. The van der Waals surface area contributed by atoms with Crippen LogP contribution in [0.25, 0.3) is 0 Å². The van der Waals surface area contributed by atoms with Crippen molar-refractivity contribution < 1.29 is 8.42 Å². The van der Waals surface area contributed by atoms with Gasteiger partial charge in [0, 0.05) is 36.3 Å². The van der Waals surface area contributed by atoms with Gasteiger partial charge in [-0.25, -0.2) is 8.42 Å². The smallest absolute Gasteiger partial charge is 0.252 e.